The van der Waals surface area contributed by atoms with Crippen molar-refractivity contribution in [1.29, 1.82) is 0 Å². The number of aliphatic carboxylic acids is 2. The number of unbranched alkanes of at least 4 members (excludes halogenated alkanes) is 4. The number of carboxylic acids is 2. The third-order valence-corrected chi connectivity index (χ3v) is 1.90. The molecular formula is C10H16O5. The monoisotopic (exact) mass is 216 g/mol. The van der Waals surface area contributed by atoms with E-state index in [-0.39, 0.29) is 6.42 Å². The molecule has 5 heteroatoms. The molecule has 0 saturated heterocycles. The molecule has 0 saturated carbocycles. The molecule has 0 aliphatic heterocycles. The van der Waals surface area contributed by atoms with Crippen LogP contribution in [0, 0.1) is 0 Å². The maximum atomic E-state index is 10.2. The summed E-state index contributed by atoms with van der Waals surface area (Å²) in [5.74, 6) is -2.74. The van der Waals surface area contributed by atoms with E-state index >= 15 is 0 Å². The van der Waals surface area contributed by atoms with E-state index in [4.69, 9.17) is 15.3 Å². The van der Waals surface area contributed by atoms with Gasteiger partial charge in [-0.1, -0.05) is 12.8 Å². The van der Waals surface area contributed by atoms with Crippen LogP contribution in [0.25, 0.3) is 0 Å². The van der Waals surface area contributed by atoms with E-state index in [0.29, 0.717) is 12.8 Å². The molecule has 5 nitrogen and oxygen atoms in total. The second-order valence-electron chi connectivity index (χ2n) is 3.24. The molecule has 0 amide bonds. The lowest BCUT2D eigenvalue weighted by Gasteiger charge is -1.97. The fourth-order valence-electron chi connectivity index (χ4n) is 1.10. The van der Waals surface area contributed by atoms with E-state index < -0.39 is 17.7 Å². The van der Waals surface area contributed by atoms with Crippen LogP contribution in [0.1, 0.15) is 38.5 Å². The van der Waals surface area contributed by atoms with Gasteiger partial charge in [0, 0.05) is 6.42 Å². The molecule has 0 bridgehead atoms. The highest BCUT2D eigenvalue weighted by atomic mass is 16.4. The van der Waals surface area contributed by atoms with Crippen molar-refractivity contribution in [3.05, 3.63) is 11.8 Å². The predicted molar refractivity (Wildman–Crippen MR) is 53.7 cm³/mol. The largest absolute Gasteiger partial charge is 0.502 e. The Morgan fingerprint density at radius 3 is 2.07 bits per heavy atom. The summed E-state index contributed by atoms with van der Waals surface area (Å²) in [5.41, 5.74) is 0. The molecule has 0 rings (SSSR count). The number of aliphatic hydroxyl groups is 1. The maximum Gasteiger partial charge on any atom is 0.370 e. The fourth-order valence-corrected chi connectivity index (χ4v) is 1.10. The molecule has 0 unspecified atom stereocenters. The summed E-state index contributed by atoms with van der Waals surface area (Å²) >= 11 is 0. The van der Waals surface area contributed by atoms with Crippen LogP contribution in [0.3, 0.4) is 0 Å². The van der Waals surface area contributed by atoms with E-state index in [2.05, 4.69) is 0 Å². The highest BCUT2D eigenvalue weighted by molar-refractivity contribution is 5.83. The quantitative estimate of drug-likeness (QED) is 0.327. The van der Waals surface area contributed by atoms with Crippen LogP contribution in [0.2, 0.25) is 0 Å². The van der Waals surface area contributed by atoms with Gasteiger partial charge < -0.3 is 15.3 Å². The van der Waals surface area contributed by atoms with Crippen molar-refractivity contribution in [2.75, 3.05) is 0 Å². The zero-order chi connectivity index (χ0) is 11.7. The number of carboxylic acid groups (broad SMARTS) is 2. The van der Waals surface area contributed by atoms with E-state index in [1.54, 1.807) is 0 Å². The van der Waals surface area contributed by atoms with Crippen molar-refractivity contribution in [3.8, 4) is 0 Å². The van der Waals surface area contributed by atoms with Crippen LogP contribution in [0.15, 0.2) is 11.8 Å². The van der Waals surface area contributed by atoms with Gasteiger partial charge in [-0.15, -0.1) is 0 Å². The molecule has 0 atom stereocenters. The van der Waals surface area contributed by atoms with Crippen molar-refractivity contribution in [2.24, 2.45) is 0 Å². The summed E-state index contributed by atoms with van der Waals surface area (Å²) in [6, 6.07) is 0. The third kappa shape index (κ3) is 8.80. The first kappa shape index (κ1) is 13.5. The molecule has 0 fully saturated rings. The first-order valence-corrected chi connectivity index (χ1v) is 4.88. The minimum Gasteiger partial charge on any atom is -0.502 e. The molecule has 0 aromatic rings. The number of aliphatic hydroxyl groups excluding tert-OH is 1. The van der Waals surface area contributed by atoms with Crippen LogP contribution < -0.4 is 0 Å². The van der Waals surface area contributed by atoms with Gasteiger partial charge in [0.25, 0.3) is 0 Å². The molecule has 0 aromatic heterocycles. The van der Waals surface area contributed by atoms with Crippen molar-refractivity contribution in [3.63, 3.8) is 0 Å². The van der Waals surface area contributed by atoms with Gasteiger partial charge in [0.2, 0.25) is 0 Å². The number of allylic oxidation sites excluding steroid dienone is 1. The van der Waals surface area contributed by atoms with E-state index in [9.17, 15) is 9.59 Å². The Labute approximate surface area is 88.0 Å². The number of rotatable bonds is 8. The van der Waals surface area contributed by atoms with Crippen LogP contribution in [0.4, 0.5) is 0 Å². The molecule has 0 spiro atoms. The Kier molecular flexibility index (Phi) is 7.05. The van der Waals surface area contributed by atoms with E-state index in [1.807, 2.05) is 0 Å². The van der Waals surface area contributed by atoms with Gasteiger partial charge in [0.15, 0.2) is 5.76 Å². The Balaban J connectivity index is 3.36. The van der Waals surface area contributed by atoms with Crippen LogP contribution in [-0.4, -0.2) is 27.3 Å². The van der Waals surface area contributed by atoms with E-state index in [0.717, 1.165) is 19.3 Å². The Bertz CT molecular complexity index is 244. The SMILES string of the molecule is O=C(O)CCCCCCC=C(O)C(=O)O. The predicted octanol–water partition coefficient (Wildman–Crippen LogP) is 1.94. The fraction of sp³-hybridized carbons (Fsp3) is 0.600. The van der Waals surface area contributed by atoms with Crippen LogP contribution in [0.5, 0.6) is 0 Å². The molecule has 15 heavy (non-hydrogen) atoms. The van der Waals surface area contributed by atoms with Gasteiger partial charge in [-0.3, -0.25) is 4.79 Å². The van der Waals surface area contributed by atoms with Crippen molar-refractivity contribution < 1.29 is 24.9 Å². The summed E-state index contributed by atoms with van der Waals surface area (Å²) in [6.45, 7) is 0. The van der Waals surface area contributed by atoms with Gasteiger partial charge in [-0.2, -0.15) is 0 Å². The van der Waals surface area contributed by atoms with Crippen molar-refractivity contribution in [2.45, 2.75) is 38.5 Å². The van der Waals surface area contributed by atoms with Crippen LogP contribution >= 0.6 is 0 Å². The van der Waals surface area contributed by atoms with Crippen molar-refractivity contribution in [1.82, 2.24) is 0 Å². The molecule has 3 N–H and O–H groups in total. The number of hydrogen-bond acceptors (Lipinski definition) is 3. The maximum absolute atomic E-state index is 10.2. The Morgan fingerprint density at radius 1 is 0.933 bits per heavy atom. The molecule has 0 radical (unpaired) electrons. The lowest BCUT2D eigenvalue weighted by atomic mass is 10.1. The average molecular weight is 216 g/mol. The molecular weight excluding hydrogens is 200 g/mol. The number of carbonyl (C=O) groups is 2. The van der Waals surface area contributed by atoms with Gasteiger partial charge in [-0.25, -0.2) is 4.79 Å². The first-order valence-electron chi connectivity index (χ1n) is 4.88. The highest BCUT2D eigenvalue weighted by Crippen LogP contribution is 2.06. The first-order chi connectivity index (χ1) is 7.04. The summed E-state index contributed by atoms with van der Waals surface area (Å²) in [7, 11) is 0. The summed E-state index contributed by atoms with van der Waals surface area (Å²) in [6.07, 6.45) is 5.01. The lowest BCUT2D eigenvalue weighted by molar-refractivity contribution is -0.137. The minimum atomic E-state index is -1.32. The highest BCUT2D eigenvalue weighted by Gasteiger charge is 2.01. The minimum absolute atomic E-state index is 0.177. The molecule has 0 heterocycles. The standard InChI is InChI=1S/C10H16O5/c11-8(10(14)15)6-4-2-1-3-5-7-9(12)13/h6,11H,1-5,7H2,(H,12,13)(H,14,15). The lowest BCUT2D eigenvalue weighted by Crippen LogP contribution is -1.98. The van der Waals surface area contributed by atoms with Crippen molar-refractivity contribution >= 4 is 11.9 Å². The van der Waals surface area contributed by atoms with Gasteiger partial charge in [0.1, 0.15) is 0 Å². The molecule has 0 aliphatic carbocycles. The topological polar surface area (TPSA) is 94.8 Å². The Hall–Kier alpha value is -1.52. The second kappa shape index (κ2) is 7.84. The summed E-state index contributed by atoms with van der Waals surface area (Å²) in [4.78, 5) is 20.3. The molecule has 0 aliphatic rings. The zero-order valence-electron chi connectivity index (χ0n) is 8.48. The smallest absolute Gasteiger partial charge is 0.370 e. The third-order valence-electron chi connectivity index (χ3n) is 1.90. The number of hydrogen-bond donors (Lipinski definition) is 3. The Morgan fingerprint density at radius 2 is 1.53 bits per heavy atom. The normalized spacial score (nSPS) is 11.3. The van der Waals surface area contributed by atoms with E-state index in [1.165, 1.54) is 6.08 Å². The van der Waals surface area contributed by atoms with Gasteiger partial charge >= 0.3 is 11.9 Å². The van der Waals surface area contributed by atoms with Gasteiger partial charge in [0.05, 0.1) is 0 Å². The van der Waals surface area contributed by atoms with Gasteiger partial charge in [-0.05, 0) is 25.3 Å². The van der Waals surface area contributed by atoms with Crippen LogP contribution in [-0.2, 0) is 9.59 Å². The second-order valence-corrected chi connectivity index (χ2v) is 3.24. The molecule has 0 aromatic carbocycles. The average Bonchev–Trinajstić information content (AvgIpc) is 2.15. The summed E-state index contributed by atoms with van der Waals surface area (Å²) < 4.78 is 0. The summed E-state index contributed by atoms with van der Waals surface area (Å²) in [5, 5.41) is 25.4. The molecule has 86 valence electrons. The zero-order valence-corrected chi connectivity index (χ0v) is 8.48.